The molecule has 2 aromatic rings. The SMILES string of the molecule is CCOCN(C)C.O=C1c2cccn2CC2(c3ccccc3)NCCN12. The van der Waals surface area contributed by atoms with Crippen molar-refractivity contribution in [3.8, 4) is 0 Å². The molecular formula is C20H28N4O2. The van der Waals surface area contributed by atoms with E-state index in [4.69, 9.17) is 4.74 Å². The summed E-state index contributed by atoms with van der Waals surface area (Å²) < 4.78 is 7.07. The fraction of sp³-hybridized carbons (Fsp3) is 0.450. The fourth-order valence-electron chi connectivity index (χ4n) is 3.54. The van der Waals surface area contributed by atoms with Crippen LogP contribution in [0, 0.1) is 0 Å². The van der Waals surface area contributed by atoms with Crippen LogP contribution in [-0.4, -0.2) is 60.8 Å². The van der Waals surface area contributed by atoms with E-state index < -0.39 is 0 Å². The molecule has 0 spiro atoms. The van der Waals surface area contributed by atoms with Crippen LogP contribution in [0.3, 0.4) is 0 Å². The number of aromatic nitrogens is 1. The summed E-state index contributed by atoms with van der Waals surface area (Å²) in [5, 5.41) is 3.53. The molecule has 0 aliphatic carbocycles. The lowest BCUT2D eigenvalue weighted by molar-refractivity contribution is 0.0398. The van der Waals surface area contributed by atoms with E-state index in [-0.39, 0.29) is 11.6 Å². The maximum atomic E-state index is 12.6. The molecule has 1 fully saturated rings. The van der Waals surface area contributed by atoms with Crippen molar-refractivity contribution in [2.45, 2.75) is 19.1 Å². The van der Waals surface area contributed by atoms with Crippen LogP contribution < -0.4 is 5.32 Å². The second kappa shape index (κ2) is 8.03. The van der Waals surface area contributed by atoms with E-state index >= 15 is 0 Å². The van der Waals surface area contributed by atoms with E-state index in [0.29, 0.717) is 0 Å². The minimum absolute atomic E-state index is 0.116. The van der Waals surface area contributed by atoms with E-state index in [1.54, 1.807) is 0 Å². The standard InChI is InChI=1S/C15H15N3O.C5H13NO/c19-14-13-7-4-9-17(13)11-15(16-8-10-18(14)15)12-5-2-1-3-6-12;1-4-7-5-6(2)3/h1-7,9,16H,8,10-11H2;4-5H2,1-3H3. The molecule has 2 aliphatic rings. The number of amides is 1. The van der Waals surface area contributed by atoms with Crippen LogP contribution in [0.5, 0.6) is 0 Å². The summed E-state index contributed by atoms with van der Waals surface area (Å²) in [5.41, 5.74) is 1.56. The van der Waals surface area contributed by atoms with Crippen LogP contribution in [0.4, 0.5) is 0 Å². The normalized spacial score (nSPS) is 21.2. The van der Waals surface area contributed by atoms with Gasteiger partial charge in [-0.2, -0.15) is 0 Å². The molecule has 4 rings (SSSR count). The molecule has 0 bridgehead atoms. The number of rotatable bonds is 4. The van der Waals surface area contributed by atoms with E-state index in [2.05, 4.69) is 17.4 Å². The van der Waals surface area contributed by atoms with Crippen molar-refractivity contribution in [2.75, 3.05) is 40.5 Å². The number of nitrogens with one attached hydrogen (secondary N) is 1. The predicted octanol–water partition coefficient (Wildman–Crippen LogP) is 1.94. The number of benzene rings is 1. The molecule has 26 heavy (non-hydrogen) atoms. The van der Waals surface area contributed by atoms with E-state index in [0.717, 1.165) is 44.2 Å². The Hall–Kier alpha value is -2.15. The minimum atomic E-state index is -0.385. The van der Waals surface area contributed by atoms with Gasteiger partial charge in [0.25, 0.3) is 5.91 Å². The Morgan fingerprint density at radius 3 is 2.62 bits per heavy atom. The quantitative estimate of drug-likeness (QED) is 0.851. The number of hydrogen-bond acceptors (Lipinski definition) is 4. The minimum Gasteiger partial charge on any atom is -0.366 e. The fourth-order valence-corrected chi connectivity index (χ4v) is 3.54. The molecule has 1 saturated heterocycles. The second-order valence-corrected chi connectivity index (χ2v) is 6.83. The summed E-state index contributed by atoms with van der Waals surface area (Å²) in [5.74, 6) is 0.116. The Morgan fingerprint density at radius 1 is 1.19 bits per heavy atom. The van der Waals surface area contributed by atoms with Gasteiger partial charge < -0.3 is 14.2 Å². The van der Waals surface area contributed by atoms with Gasteiger partial charge in [-0.3, -0.25) is 15.0 Å². The molecule has 1 aromatic carbocycles. The molecule has 3 heterocycles. The maximum Gasteiger partial charge on any atom is 0.272 e. The van der Waals surface area contributed by atoms with Gasteiger partial charge in [0.2, 0.25) is 0 Å². The zero-order valence-corrected chi connectivity index (χ0v) is 15.8. The summed E-state index contributed by atoms with van der Waals surface area (Å²) in [6, 6.07) is 14.1. The topological polar surface area (TPSA) is 49.7 Å². The molecule has 1 amide bonds. The van der Waals surface area contributed by atoms with Gasteiger partial charge in [0.1, 0.15) is 11.4 Å². The van der Waals surface area contributed by atoms with E-state index in [9.17, 15) is 4.79 Å². The summed E-state index contributed by atoms with van der Waals surface area (Å²) in [6.07, 6.45) is 1.98. The first-order valence-corrected chi connectivity index (χ1v) is 9.08. The van der Waals surface area contributed by atoms with Gasteiger partial charge in [0.05, 0.1) is 13.3 Å². The van der Waals surface area contributed by atoms with Crippen molar-refractivity contribution in [1.82, 2.24) is 19.7 Å². The number of carbonyl (C=O) groups is 1. The maximum absolute atomic E-state index is 12.6. The predicted molar refractivity (Wildman–Crippen MR) is 102 cm³/mol. The zero-order chi connectivity index (χ0) is 18.6. The van der Waals surface area contributed by atoms with Gasteiger partial charge in [-0.1, -0.05) is 30.3 Å². The highest BCUT2D eigenvalue weighted by atomic mass is 16.5. The van der Waals surface area contributed by atoms with Crippen LogP contribution in [0.2, 0.25) is 0 Å². The van der Waals surface area contributed by atoms with Gasteiger partial charge in [-0.25, -0.2) is 0 Å². The Morgan fingerprint density at radius 2 is 1.96 bits per heavy atom. The number of carbonyl (C=O) groups excluding carboxylic acids is 1. The smallest absolute Gasteiger partial charge is 0.272 e. The average Bonchev–Trinajstić information content (AvgIpc) is 3.29. The van der Waals surface area contributed by atoms with Crippen molar-refractivity contribution in [2.24, 2.45) is 0 Å². The van der Waals surface area contributed by atoms with Crippen LogP contribution in [0.1, 0.15) is 23.0 Å². The number of hydrogen-bond donors (Lipinski definition) is 1. The van der Waals surface area contributed by atoms with Crippen LogP contribution in [0.25, 0.3) is 0 Å². The average molecular weight is 356 g/mol. The Kier molecular flexibility index (Phi) is 5.76. The molecule has 0 saturated carbocycles. The second-order valence-electron chi connectivity index (χ2n) is 6.83. The Balaban J connectivity index is 0.000000242. The molecule has 2 aliphatic heterocycles. The first-order chi connectivity index (χ1) is 12.6. The van der Waals surface area contributed by atoms with Crippen molar-refractivity contribution < 1.29 is 9.53 Å². The monoisotopic (exact) mass is 356 g/mol. The van der Waals surface area contributed by atoms with Gasteiger partial charge in [0.15, 0.2) is 0 Å². The largest absolute Gasteiger partial charge is 0.366 e. The van der Waals surface area contributed by atoms with Crippen LogP contribution >= 0.6 is 0 Å². The van der Waals surface area contributed by atoms with Gasteiger partial charge in [0, 0.05) is 25.9 Å². The Bertz CT molecular complexity index is 728. The summed E-state index contributed by atoms with van der Waals surface area (Å²) >= 11 is 0. The summed E-state index contributed by atoms with van der Waals surface area (Å²) in [7, 11) is 3.96. The highest BCUT2D eigenvalue weighted by molar-refractivity contribution is 5.94. The lowest BCUT2D eigenvalue weighted by atomic mass is 9.96. The van der Waals surface area contributed by atoms with Crippen molar-refractivity contribution in [3.63, 3.8) is 0 Å². The van der Waals surface area contributed by atoms with Gasteiger partial charge in [-0.05, 0) is 38.7 Å². The molecule has 0 radical (unpaired) electrons. The molecule has 1 atom stereocenters. The molecule has 1 N–H and O–H groups in total. The van der Waals surface area contributed by atoms with E-state index in [1.165, 1.54) is 0 Å². The van der Waals surface area contributed by atoms with Crippen molar-refractivity contribution in [3.05, 3.63) is 59.9 Å². The third kappa shape index (κ3) is 3.53. The summed E-state index contributed by atoms with van der Waals surface area (Å²) in [4.78, 5) is 16.6. The molecule has 140 valence electrons. The van der Waals surface area contributed by atoms with E-state index in [1.807, 2.05) is 71.9 Å². The number of ether oxygens (including phenoxy) is 1. The van der Waals surface area contributed by atoms with Gasteiger partial charge in [-0.15, -0.1) is 0 Å². The number of nitrogens with zero attached hydrogens (tertiary/aromatic N) is 3. The lowest BCUT2D eigenvalue weighted by Crippen LogP contribution is -2.57. The highest BCUT2D eigenvalue weighted by Crippen LogP contribution is 2.36. The molecule has 1 unspecified atom stereocenters. The third-order valence-electron chi connectivity index (χ3n) is 4.71. The lowest BCUT2D eigenvalue weighted by Gasteiger charge is -2.42. The Labute approximate surface area is 155 Å². The first-order valence-electron chi connectivity index (χ1n) is 9.08. The third-order valence-corrected chi connectivity index (χ3v) is 4.71. The molecular weight excluding hydrogens is 328 g/mol. The molecule has 6 heteroatoms. The van der Waals surface area contributed by atoms with Crippen molar-refractivity contribution in [1.29, 1.82) is 0 Å². The van der Waals surface area contributed by atoms with Crippen LogP contribution in [0.15, 0.2) is 48.7 Å². The van der Waals surface area contributed by atoms with Gasteiger partial charge >= 0.3 is 0 Å². The van der Waals surface area contributed by atoms with Crippen molar-refractivity contribution >= 4 is 5.91 Å². The molecule has 6 nitrogen and oxygen atoms in total. The summed E-state index contributed by atoms with van der Waals surface area (Å²) in [6.45, 7) is 5.90. The highest BCUT2D eigenvalue weighted by Gasteiger charge is 2.48. The van der Waals surface area contributed by atoms with Crippen LogP contribution in [-0.2, 0) is 16.9 Å². The zero-order valence-electron chi connectivity index (χ0n) is 15.8. The molecule has 1 aromatic heterocycles. The first kappa shape index (κ1) is 18.6. The number of fused-ring (bicyclic) bond motifs is 2.